The lowest BCUT2D eigenvalue weighted by Crippen LogP contribution is -2.52. The van der Waals surface area contributed by atoms with E-state index in [4.69, 9.17) is 11.6 Å². The summed E-state index contributed by atoms with van der Waals surface area (Å²) in [4.78, 5) is 32.6. The molecule has 3 amide bonds. The van der Waals surface area contributed by atoms with Crippen molar-refractivity contribution >= 4 is 40.5 Å². The molecule has 8 heteroatoms. The normalized spacial score (nSPS) is 13.5. The Balaban J connectivity index is 1.32. The maximum atomic E-state index is 13.3. The van der Waals surface area contributed by atoms with E-state index in [1.165, 1.54) is 0 Å². The highest BCUT2D eigenvalue weighted by Gasteiger charge is 2.31. The molecule has 3 aromatic carbocycles. The number of urea groups is 1. The van der Waals surface area contributed by atoms with Crippen molar-refractivity contribution < 1.29 is 9.59 Å². The van der Waals surface area contributed by atoms with Gasteiger partial charge in [0.2, 0.25) is 11.9 Å². The Bertz CT molecular complexity index is 1320. The minimum Gasteiger partial charge on any atom is -0.350 e. The lowest BCUT2D eigenvalue weighted by Gasteiger charge is -2.22. The van der Waals surface area contributed by atoms with E-state index in [0.717, 1.165) is 22.2 Å². The number of hydrogen-bond donors (Lipinski definition) is 2. The second-order valence-corrected chi connectivity index (χ2v) is 8.68. The SMILES string of the molecule is O=C(NCc1ccc(Cl)cc1)C(Cc1ccccc1)NC(=O)N1CCn2c1nc1ccccc12. The number of nitrogens with zero attached hydrogens (tertiary/aromatic N) is 3. The standard InChI is InChI=1S/C26H24ClN5O2/c27-20-12-10-19(11-13-20)17-28-24(33)22(16-18-6-2-1-3-7-18)30-26(34)32-15-14-31-23-9-5-4-8-21(23)29-25(31)32/h1-13,22H,14-17H2,(H,28,33)(H,30,34). The minimum absolute atomic E-state index is 0.250. The van der Waals surface area contributed by atoms with Gasteiger partial charge in [-0.25, -0.2) is 9.78 Å². The van der Waals surface area contributed by atoms with E-state index >= 15 is 0 Å². The maximum absolute atomic E-state index is 13.3. The molecule has 2 N–H and O–H groups in total. The van der Waals surface area contributed by atoms with Gasteiger partial charge in [0.05, 0.1) is 11.0 Å². The first-order chi connectivity index (χ1) is 16.6. The Labute approximate surface area is 202 Å². The van der Waals surface area contributed by atoms with E-state index < -0.39 is 6.04 Å². The predicted molar refractivity (Wildman–Crippen MR) is 133 cm³/mol. The second kappa shape index (κ2) is 9.57. The van der Waals surface area contributed by atoms with Crippen LogP contribution in [-0.4, -0.2) is 34.1 Å². The molecule has 5 rings (SSSR count). The molecule has 1 unspecified atom stereocenters. The van der Waals surface area contributed by atoms with Gasteiger partial charge in [0.15, 0.2) is 0 Å². The van der Waals surface area contributed by atoms with Crippen LogP contribution in [0, 0.1) is 0 Å². The number of anilines is 1. The van der Waals surface area contributed by atoms with Crippen LogP contribution in [0.15, 0.2) is 78.9 Å². The Morgan fingerprint density at radius 3 is 2.44 bits per heavy atom. The van der Waals surface area contributed by atoms with Gasteiger partial charge < -0.3 is 15.2 Å². The van der Waals surface area contributed by atoms with E-state index in [1.54, 1.807) is 17.0 Å². The average Bonchev–Trinajstić information content (AvgIpc) is 3.43. The first-order valence-electron chi connectivity index (χ1n) is 11.2. The molecule has 0 saturated carbocycles. The zero-order chi connectivity index (χ0) is 23.5. The monoisotopic (exact) mass is 473 g/mol. The van der Waals surface area contributed by atoms with E-state index in [-0.39, 0.29) is 11.9 Å². The summed E-state index contributed by atoms with van der Waals surface area (Å²) >= 11 is 5.95. The number of rotatable bonds is 6. The Hall–Kier alpha value is -3.84. The molecule has 1 atom stereocenters. The van der Waals surface area contributed by atoms with Crippen molar-refractivity contribution in [3.63, 3.8) is 0 Å². The quantitative estimate of drug-likeness (QED) is 0.441. The van der Waals surface area contributed by atoms with Crippen LogP contribution in [0.5, 0.6) is 0 Å². The van der Waals surface area contributed by atoms with Gasteiger partial charge in [-0.3, -0.25) is 9.69 Å². The number of hydrogen-bond acceptors (Lipinski definition) is 3. The lowest BCUT2D eigenvalue weighted by molar-refractivity contribution is -0.123. The first-order valence-corrected chi connectivity index (χ1v) is 11.6. The zero-order valence-electron chi connectivity index (χ0n) is 18.4. The summed E-state index contributed by atoms with van der Waals surface area (Å²) in [5.74, 6) is 0.346. The highest BCUT2D eigenvalue weighted by Crippen LogP contribution is 2.27. The van der Waals surface area contributed by atoms with Crippen LogP contribution in [0.4, 0.5) is 10.7 Å². The van der Waals surface area contributed by atoms with Crippen LogP contribution in [0.2, 0.25) is 5.02 Å². The molecule has 4 aromatic rings. The smallest absolute Gasteiger partial charge is 0.324 e. The van der Waals surface area contributed by atoms with Crippen molar-refractivity contribution in [3.8, 4) is 0 Å². The molecule has 1 aliphatic rings. The number of fused-ring (bicyclic) bond motifs is 3. The van der Waals surface area contributed by atoms with Crippen molar-refractivity contribution in [3.05, 3.63) is 95.0 Å². The molecule has 172 valence electrons. The van der Waals surface area contributed by atoms with Crippen molar-refractivity contribution in [2.45, 2.75) is 25.6 Å². The Kier molecular flexibility index (Phi) is 6.18. The number of nitrogens with one attached hydrogen (secondary N) is 2. The largest absolute Gasteiger partial charge is 0.350 e. The van der Waals surface area contributed by atoms with Gasteiger partial charge in [-0.15, -0.1) is 0 Å². The summed E-state index contributed by atoms with van der Waals surface area (Å²) in [6.45, 7) is 1.51. The lowest BCUT2D eigenvalue weighted by atomic mass is 10.1. The summed E-state index contributed by atoms with van der Waals surface area (Å²) < 4.78 is 2.03. The van der Waals surface area contributed by atoms with Crippen LogP contribution in [0.3, 0.4) is 0 Å². The third-order valence-electron chi connectivity index (χ3n) is 5.95. The fourth-order valence-corrected chi connectivity index (χ4v) is 4.31. The molecule has 7 nitrogen and oxygen atoms in total. The Morgan fingerprint density at radius 2 is 1.65 bits per heavy atom. The molecule has 0 radical (unpaired) electrons. The van der Waals surface area contributed by atoms with E-state index in [2.05, 4.69) is 15.6 Å². The molecule has 0 spiro atoms. The molecular formula is C26H24ClN5O2. The van der Waals surface area contributed by atoms with E-state index in [1.807, 2.05) is 71.3 Å². The van der Waals surface area contributed by atoms with Gasteiger partial charge in [0.25, 0.3) is 0 Å². The first kappa shape index (κ1) is 22.0. The minimum atomic E-state index is -0.736. The fraction of sp³-hybridized carbons (Fsp3) is 0.192. The fourth-order valence-electron chi connectivity index (χ4n) is 4.18. The number of carbonyl (C=O) groups excluding carboxylic acids is 2. The van der Waals surface area contributed by atoms with Crippen molar-refractivity contribution in [1.29, 1.82) is 0 Å². The molecule has 1 aliphatic heterocycles. The zero-order valence-corrected chi connectivity index (χ0v) is 19.2. The molecule has 1 aromatic heterocycles. The summed E-state index contributed by atoms with van der Waals surface area (Å²) in [5.41, 5.74) is 3.73. The van der Waals surface area contributed by atoms with E-state index in [9.17, 15) is 9.59 Å². The van der Waals surface area contributed by atoms with Gasteiger partial charge in [0.1, 0.15) is 6.04 Å². The molecule has 0 saturated heterocycles. The van der Waals surface area contributed by atoms with Gasteiger partial charge in [-0.2, -0.15) is 0 Å². The third-order valence-corrected chi connectivity index (χ3v) is 6.20. The number of benzene rings is 3. The van der Waals surface area contributed by atoms with Crippen LogP contribution in [-0.2, 0) is 24.3 Å². The van der Waals surface area contributed by atoms with Crippen molar-refractivity contribution in [2.24, 2.45) is 0 Å². The molecule has 0 aliphatic carbocycles. The number of amides is 3. The second-order valence-electron chi connectivity index (χ2n) is 8.24. The van der Waals surface area contributed by atoms with Crippen LogP contribution in [0.1, 0.15) is 11.1 Å². The third kappa shape index (κ3) is 4.61. The summed E-state index contributed by atoms with van der Waals surface area (Å²) in [6, 6.07) is 23.7. The topological polar surface area (TPSA) is 79.3 Å². The van der Waals surface area contributed by atoms with Gasteiger partial charge in [-0.1, -0.05) is 66.2 Å². The number of halogens is 1. The number of aromatic nitrogens is 2. The van der Waals surface area contributed by atoms with Crippen LogP contribution in [0.25, 0.3) is 11.0 Å². The van der Waals surface area contributed by atoms with E-state index in [0.29, 0.717) is 37.0 Å². The number of imidazole rings is 1. The molecular weight excluding hydrogens is 450 g/mol. The van der Waals surface area contributed by atoms with Crippen LogP contribution >= 0.6 is 11.6 Å². The predicted octanol–water partition coefficient (Wildman–Crippen LogP) is 4.15. The number of para-hydroxylation sites is 2. The summed E-state index contributed by atoms with van der Waals surface area (Å²) in [5, 5.41) is 6.52. The molecule has 2 heterocycles. The molecule has 0 fully saturated rings. The van der Waals surface area contributed by atoms with Crippen molar-refractivity contribution in [1.82, 2.24) is 20.2 Å². The van der Waals surface area contributed by atoms with Gasteiger partial charge in [-0.05, 0) is 35.4 Å². The molecule has 34 heavy (non-hydrogen) atoms. The Morgan fingerprint density at radius 1 is 0.912 bits per heavy atom. The molecule has 0 bridgehead atoms. The summed E-state index contributed by atoms with van der Waals surface area (Å²) in [7, 11) is 0. The average molecular weight is 474 g/mol. The summed E-state index contributed by atoms with van der Waals surface area (Å²) in [6.07, 6.45) is 0.378. The van der Waals surface area contributed by atoms with Crippen LogP contribution < -0.4 is 15.5 Å². The highest BCUT2D eigenvalue weighted by atomic mass is 35.5. The maximum Gasteiger partial charge on any atom is 0.324 e. The van der Waals surface area contributed by atoms with Gasteiger partial charge >= 0.3 is 6.03 Å². The number of carbonyl (C=O) groups is 2. The van der Waals surface area contributed by atoms with Crippen molar-refractivity contribution in [2.75, 3.05) is 11.4 Å². The highest BCUT2D eigenvalue weighted by molar-refractivity contribution is 6.30. The van der Waals surface area contributed by atoms with Gasteiger partial charge in [0, 0.05) is 31.1 Å².